The molecule has 0 atom stereocenters. The van der Waals surface area contributed by atoms with Gasteiger partial charge in [0.25, 0.3) is 0 Å². The zero-order valence-corrected chi connectivity index (χ0v) is 14.3. The molecule has 1 saturated heterocycles. The number of fused-ring (bicyclic) bond motifs is 1. The minimum atomic E-state index is 0.335. The number of nitrogens with zero attached hydrogens (tertiary/aromatic N) is 3. The Bertz CT molecular complexity index is 630. The van der Waals surface area contributed by atoms with Gasteiger partial charge >= 0.3 is 0 Å². The minimum absolute atomic E-state index is 0.335. The van der Waals surface area contributed by atoms with Gasteiger partial charge in [-0.1, -0.05) is 0 Å². The largest absolute Gasteiger partial charge is 0.382 e. The van der Waals surface area contributed by atoms with Crippen LogP contribution in [-0.4, -0.2) is 49.5 Å². The Labute approximate surface area is 138 Å². The number of ether oxygens (including phenoxy) is 2. The smallest absolute Gasteiger partial charge is 0.112 e. The van der Waals surface area contributed by atoms with Crippen LogP contribution in [0, 0.1) is 0 Å². The molecule has 1 aliphatic heterocycles. The van der Waals surface area contributed by atoms with Crippen LogP contribution in [0.15, 0.2) is 29.0 Å². The van der Waals surface area contributed by atoms with Crippen molar-refractivity contribution in [2.75, 3.05) is 38.3 Å². The van der Waals surface area contributed by atoms with Crippen LogP contribution < -0.4 is 4.90 Å². The molecule has 1 aliphatic rings. The maximum absolute atomic E-state index is 5.82. The molecule has 0 bridgehead atoms. The molecule has 0 N–H and O–H groups in total. The second kappa shape index (κ2) is 7.35. The van der Waals surface area contributed by atoms with E-state index in [0.29, 0.717) is 19.3 Å². The van der Waals surface area contributed by atoms with Crippen molar-refractivity contribution in [1.29, 1.82) is 0 Å². The number of halogens is 1. The average Bonchev–Trinajstić information content (AvgIpc) is 2.55. The summed E-state index contributed by atoms with van der Waals surface area (Å²) >= 11 is 3.45. The third-order valence-electron chi connectivity index (χ3n) is 3.95. The SMILES string of the molecule is COCCOC1CCN(c2ccnc3cc(Br)cnc23)CC1. The van der Waals surface area contributed by atoms with Crippen LogP contribution in [0.3, 0.4) is 0 Å². The molecule has 1 fully saturated rings. The van der Waals surface area contributed by atoms with Crippen molar-refractivity contribution in [3.63, 3.8) is 0 Å². The first-order chi connectivity index (χ1) is 10.8. The summed E-state index contributed by atoms with van der Waals surface area (Å²) < 4.78 is 11.8. The van der Waals surface area contributed by atoms with Gasteiger partial charge in [-0.15, -0.1) is 0 Å². The molecule has 2 aromatic heterocycles. The van der Waals surface area contributed by atoms with Gasteiger partial charge in [0.1, 0.15) is 5.52 Å². The van der Waals surface area contributed by atoms with Gasteiger partial charge in [0, 0.05) is 37.1 Å². The molecular weight excluding hydrogens is 346 g/mol. The minimum Gasteiger partial charge on any atom is -0.382 e. The van der Waals surface area contributed by atoms with E-state index in [1.54, 1.807) is 7.11 Å². The van der Waals surface area contributed by atoms with Crippen molar-refractivity contribution in [1.82, 2.24) is 9.97 Å². The average molecular weight is 366 g/mol. The van der Waals surface area contributed by atoms with E-state index in [1.807, 2.05) is 18.5 Å². The van der Waals surface area contributed by atoms with Gasteiger partial charge < -0.3 is 14.4 Å². The zero-order chi connectivity index (χ0) is 15.4. The van der Waals surface area contributed by atoms with Gasteiger partial charge in [0.15, 0.2) is 0 Å². The van der Waals surface area contributed by atoms with Crippen LogP contribution in [0.4, 0.5) is 5.69 Å². The second-order valence-electron chi connectivity index (χ2n) is 5.40. The van der Waals surface area contributed by atoms with Crippen LogP contribution in [0.2, 0.25) is 0 Å². The molecule has 3 heterocycles. The van der Waals surface area contributed by atoms with Crippen molar-refractivity contribution in [2.24, 2.45) is 0 Å². The van der Waals surface area contributed by atoms with Crippen LogP contribution >= 0.6 is 15.9 Å². The molecule has 0 aliphatic carbocycles. The fourth-order valence-corrected chi connectivity index (χ4v) is 3.13. The molecular formula is C16H20BrN3O2. The predicted octanol–water partition coefficient (Wildman–Crippen LogP) is 3.02. The first-order valence-corrected chi connectivity index (χ1v) is 8.33. The number of piperidine rings is 1. The van der Waals surface area contributed by atoms with Gasteiger partial charge in [0.2, 0.25) is 0 Å². The maximum Gasteiger partial charge on any atom is 0.112 e. The number of hydrogen-bond acceptors (Lipinski definition) is 5. The molecule has 5 nitrogen and oxygen atoms in total. The topological polar surface area (TPSA) is 47.5 Å². The first-order valence-electron chi connectivity index (χ1n) is 7.53. The highest BCUT2D eigenvalue weighted by Crippen LogP contribution is 2.28. The highest BCUT2D eigenvalue weighted by atomic mass is 79.9. The summed E-state index contributed by atoms with van der Waals surface area (Å²) in [5.41, 5.74) is 3.04. The summed E-state index contributed by atoms with van der Waals surface area (Å²) in [6.07, 6.45) is 6.08. The predicted molar refractivity (Wildman–Crippen MR) is 90.3 cm³/mol. The summed E-state index contributed by atoms with van der Waals surface area (Å²) in [7, 11) is 1.70. The number of rotatable bonds is 5. The standard InChI is InChI=1S/C16H20BrN3O2/c1-21-8-9-22-13-3-6-20(7-4-13)15-2-5-18-14-10-12(17)11-19-16(14)15/h2,5,10-11,13H,3-4,6-9H2,1H3. The summed E-state index contributed by atoms with van der Waals surface area (Å²) in [6.45, 7) is 3.30. The fourth-order valence-electron chi connectivity index (χ4n) is 2.81. The van der Waals surface area contributed by atoms with Crippen molar-refractivity contribution in [3.05, 3.63) is 29.0 Å². The van der Waals surface area contributed by atoms with Crippen molar-refractivity contribution < 1.29 is 9.47 Å². The summed E-state index contributed by atoms with van der Waals surface area (Å²) in [6, 6.07) is 4.06. The second-order valence-corrected chi connectivity index (χ2v) is 6.32. The fraction of sp³-hybridized carbons (Fsp3) is 0.500. The van der Waals surface area contributed by atoms with Crippen LogP contribution in [0.25, 0.3) is 11.0 Å². The Kier molecular flexibility index (Phi) is 5.23. The Morgan fingerprint density at radius 3 is 2.86 bits per heavy atom. The molecule has 0 radical (unpaired) electrons. The highest BCUT2D eigenvalue weighted by molar-refractivity contribution is 9.10. The molecule has 0 saturated carbocycles. The summed E-state index contributed by atoms with van der Waals surface area (Å²) in [4.78, 5) is 11.3. The molecule has 3 rings (SSSR count). The molecule has 0 aromatic carbocycles. The maximum atomic E-state index is 5.82. The Balaban J connectivity index is 1.69. The van der Waals surface area contributed by atoms with E-state index < -0.39 is 0 Å². The molecule has 22 heavy (non-hydrogen) atoms. The normalized spacial score (nSPS) is 16.4. The molecule has 2 aromatic rings. The van der Waals surface area contributed by atoms with Gasteiger partial charge in [-0.05, 0) is 40.9 Å². The Morgan fingerprint density at radius 1 is 1.27 bits per heavy atom. The number of anilines is 1. The van der Waals surface area contributed by atoms with Crippen LogP contribution in [0.5, 0.6) is 0 Å². The molecule has 118 valence electrons. The lowest BCUT2D eigenvalue weighted by atomic mass is 10.1. The van der Waals surface area contributed by atoms with Gasteiger partial charge in [-0.25, -0.2) is 0 Å². The van der Waals surface area contributed by atoms with E-state index in [9.17, 15) is 0 Å². The van der Waals surface area contributed by atoms with Gasteiger partial charge in [-0.3, -0.25) is 9.97 Å². The van der Waals surface area contributed by atoms with E-state index in [0.717, 1.165) is 47.1 Å². The van der Waals surface area contributed by atoms with E-state index >= 15 is 0 Å². The number of aromatic nitrogens is 2. The van der Waals surface area contributed by atoms with Gasteiger partial charge in [-0.2, -0.15) is 0 Å². The highest BCUT2D eigenvalue weighted by Gasteiger charge is 2.21. The molecule has 6 heteroatoms. The van der Waals surface area contributed by atoms with Crippen LogP contribution in [0.1, 0.15) is 12.8 Å². The van der Waals surface area contributed by atoms with Crippen molar-refractivity contribution in [3.8, 4) is 0 Å². The third kappa shape index (κ3) is 3.56. The molecule has 0 amide bonds. The van der Waals surface area contributed by atoms with E-state index in [2.05, 4.69) is 36.9 Å². The van der Waals surface area contributed by atoms with E-state index in [4.69, 9.17) is 9.47 Å². The first kappa shape index (κ1) is 15.6. The van der Waals surface area contributed by atoms with Crippen molar-refractivity contribution >= 4 is 32.7 Å². The Morgan fingerprint density at radius 2 is 2.09 bits per heavy atom. The van der Waals surface area contributed by atoms with E-state index in [-0.39, 0.29) is 0 Å². The lowest BCUT2D eigenvalue weighted by Crippen LogP contribution is -2.37. The van der Waals surface area contributed by atoms with E-state index in [1.165, 1.54) is 0 Å². The lowest BCUT2D eigenvalue weighted by Gasteiger charge is -2.33. The molecule has 0 spiro atoms. The van der Waals surface area contributed by atoms with Gasteiger partial charge in [0.05, 0.1) is 30.5 Å². The summed E-state index contributed by atoms with van der Waals surface area (Å²) in [5, 5.41) is 0. The zero-order valence-electron chi connectivity index (χ0n) is 12.7. The summed E-state index contributed by atoms with van der Waals surface area (Å²) in [5.74, 6) is 0. The van der Waals surface area contributed by atoms with Crippen molar-refractivity contribution in [2.45, 2.75) is 18.9 Å². The van der Waals surface area contributed by atoms with Crippen LogP contribution in [-0.2, 0) is 9.47 Å². The number of methoxy groups -OCH3 is 1. The quantitative estimate of drug-likeness (QED) is 0.762. The lowest BCUT2D eigenvalue weighted by molar-refractivity contribution is 0.00612. The number of hydrogen-bond donors (Lipinski definition) is 0. The molecule has 0 unspecified atom stereocenters. The third-order valence-corrected chi connectivity index (χ3v) is 4.38. The Hall–Kier alpha value is -1.24. The number of pyridine rings is 2. The monoisotopic (exact) mass is 365 g/mol.